The Labute approximate surface area is 142 Å². The van der Waals surface area contributed by atoms with E-state index in [1.54, 1.807) is 19.1 Å². The average Bonchev–Trinajstić information content (AvgIpc) is 2.43. The second-order valence-electron chi connectivity index (χ2n) is 7.45. The Hall–Kier alpha value is -2.15. The van der Waals surface area contributed by atoms with Crippen LogP contribution < -0.4 is 10.6 Å². The maximum Gasteiger partial charge on any atom is 0.315 e. The van der Waals surface area contributed by atoms with Gasteiger partial charge in [0.25, 0.3) is 5.69 Å². The molecule has 0 bridgehead atoms. The number of benzene rings is 1. The fraction of sp³-hybridized carbons (Fsp3) is 0.588. The van der Waals surface area contributed by atoms with Gasteiger partial charge in [-0.3, -0.25) is 10.1 Å². The van der Waals surface area contributed by atoms with Gasteiger partial charge in [0.15, 0.2) is 0 Å². The van der Waals surface area contributed by atoms with Crippen molar-refractivity contribution in [2.75, 3.05) is 6.54 Å². The predicted octanol–water partition coefficient (Wildman–Crippen LogP) is 2.93. The monoisotopic (exact) mass is 337 g/mol. The maximum atomic E-state index is 12.1. The summed E-state index contributed by atoms with van der Waals surface area (Å²) in [6.07, 6.45) is 0.153. The van der Waals surface area contributed by atoms with Crippen LogP contribution in [0.4, 0.5) is 10.5 Å². The normalized spacial score (nSPS) is 13.2. The van der Waals surface area contributed by atoms with Gasteiger partial charge >= 0.3 is 6.03 Å². The van der Waals surface area contributed by atoms with Gasteiger partial charge in [-0.25, -0.2) is 4.79 Å². The third kappa shape index (κ3) is 6.16. The van der Waals surface area contributed by atoms with E-state index in [-0.39, 0.29) is 17.1 Å². The van der Waals surface area contributed by atoms with Crippen LogP contribution in [0, 0.1) is 15.5 Å². The molecule has 1 rings (SSSR count). The fourth-order valence-electron chi connectivity index (χ4n) is 2.59. The largest absolute Gasteiger partial charge is 0.393 e. The first-order chi connectivity index (χ1) is 10.9. The summed E-state index contributed by atoms with van der Waals surface area (Å²) in [5.74, 6) is 0. The molecular weight excluding hydrogens is 310 g/mol. The Balaban J connectivity index is 2.65. The van der Waals surface area contributed by atoms with Crippen LogP contribution in [0.3, 0.4) is 0 Å². The molecule has 1 aromatic rings. The molecule has 24 heavy (non-hydrogen) atoms. The minimum absolute atomic E-state index is 0.0128. The molecule has 134 valence electrons. The van der Waals surface area contributed by atoms with Gasteiger partial charge in [-0.05, 0) is 50.3 Å². The van der Waals surface area contributed by atoms with Crippen molar-refractivity contribution in [3.05, 3.63) is 39.9 Å². The number of nitrogens with zero attached hydrogens (tertiary/aromatic N) is 1. The molecule has 0 fully saturated rings. The van der Waals surface area contributed by atoms with Gasteiger partial charge in [-0.1, -0.05) is 13.8 Å². The number of aliphatic hydroxyl groups is 1. The highest BCUT2D eigenvalue weighted by atomic mass is 16.6. The summed E-state index contributed by atoms with van der Waals surface area (Å²) in [5.41, 5.74) is -0.109. The van der Waals surface area contributed by atoms with Gasteiger partial charge in [-0.2, -0.15) is 0 Å². The van der Waals surface area contributed by atoms with E-state index in [4.69, 9.17) is 0 Å². The predicted molar refractivity (Wildman–Crippen MR) is 92.7 cm³/mol. The minimum atomic E-state index is -0.673. The van der Waals surface area contributed by atoms with E-state index in [1.807, 2.05) is 27.7 Å². The van der Waals surface area contributed by atoms with E-state index >= 15 is 0 Å². The molecule has 0 saturated carbocycles. The number of hydrogen-bond acceptors (Lipinski definition) is 4. The highest BCUT2D eigenvalue weighted by molar-refractivity contribution is 5.75. The molecule has 3 N–H and O–H groups in total. The topological polar surface area (TPSA) is 104 Å². The van der Waals surface area contributed by atoms with Crippen molar-refractivity contribution in [3.8, 4) is 0 Å². The number of non-ortho nitro benzene ring substituents is 1. The van der Waals surface area contributed by atoms with E-state index in [2.05, 4.69) is 10.6 Å². The van der Waals surface area contributed by atoms with Crippen molar-refractivity contribution in [1.82, 2.24) is 10.6 Å². The van der Waals surface area contributed by atoms with Gasteiger partial charge in [0.05, 0.1) is 16.6 Å². The van der Waals surface area contributed by atoms with Crippen LogP contribution in [-0.4, -0.2) is 28.7 Å². The van der Waals surface area contributed by atoms with Gasteiger partial charge in [-0.15, -0.1) is 0 Å². The molecule has 0 aliphatic carbocycles. The number of hydrogen-bond donors (Lipinski definition) is 3. The molecule has 0 spiro atoms. The van der Waals surface area contributed by atoms with Gasteiger partial charge in [0.2, 0.25) is 0 Å². The van der Waals surface area contributed by atoms with E-state index in [0.29, 0.717) is 13.0 Å². The van der Waals surface area contributed by atoms with Gasteiger partial charge < -0.3 is 15.7 Å². The first-order valence-electron chi connectivity index (χ1n) is 7.92. The van der Waals surface area contributed by atoms with Gasteiger partial charge in [0.1, 0.15) is 0 Å². The van der Waals surface area contributed by atoms with Crippen LogP contribution in [0.5, 0.6) is 0 Å². The molecule has 1 aromatic carbocycles. The summed E-state index contributed by atoms with van der Waals surface area (Å²) in [4.78, 5) is 22.4. The fourth-order valence-corrected chi connectivity index (χ4v) is 2.59. The summed E-state index contributed by atoms with van der Waals surface area (Å²) >= 11 is 0. The van der Waals surface area contributed by atoms with E-state index in [0.717, 1.165) is 5.56 Å². The Morgan fingerprint density at radius 2 is 1.79 bits per heavy atom. The molecule has 1 atom stereocenters. The van der Waals surface area contributed by atoms with Crippen LogP contribution in [0.15, 0.2) is 24.3 Å². The first kappa shape index (κ1) is 19.9. The van der Waals surface area contributed by atoms with Crippen molar-refractivity contribution < 1.29 is 14.8 Å². The number of aliphatic hydroxyl groups excluding tert-OH is 1. The molecule has 0 heterocycles. The summed E-state index contributed by atoms with van der Waals surface area (Å²) < 4.78 is 0. The Morgan fingerprint density at radius 3 is 2.25 bits per heavy atom. The second-order valence-corrected chi connectivity index (χ2v) is 7.45. The molecule has 0 radical (unpaired) electrons. The zero-order valence-electron chi connectivity index (χ0n) is 14.9. The molecular formula is C17H27N3O4. The molecule has 1 unspecified atom stereocenters. The number of amides is 2. The summed E-state index contributed by atoms with van der Waals surface area (Å²) in [7, 11) is 0. The first-order valence-corrected chi connectivity index (χ1v) is 7.92. The lowest BCUT2D eigenvalue weighted by Gasteiger charge is -2.30. The summed E-state index contributed by atoms with van der Waals surface area (Å²) in [6.45, 7) is 9.76. The molecule has 0 saturated heterocycles. The van der Waals surface area contributed by atoms with Crippen LogP contribution >= 0.6 is 0 Å². The molecule has 0 aliphatic heterocycles. The smallest absolute Gasteiger partial charge is 0.315 e. The van der Waals surface area contributed by atoms with Crippen LogP contribution in [0.2, 0.25) is 0 Å². The van der Waals surface area contributed by atoms with Crippen molar-refractivity contribution in [2.24, 2.45) is 5.41 Å². The van der Waals surface area contributed by atoms with E-state index in [9.17, 15) is 20.0 Å². The van der Waals surface area contributed by atoms with Crippen LogP contribution in [-0.2, 0) is 5.54 Å². The third-order valence-corrected chi connectivity index (χ3v) is 3.80. The van der Waals surface area contributed by atoms with E-state index < -0.39 is 16.6 Å². The van der Waals surface area contributed by atoms with Crippen molar-refractivity contribution in [2.45, 2.75) is 52.7 Å². The summed E-state index contributed by atoms with van der Waals surface area (Å²) in [5, 5.41) is 25.9. The number of nitro benzene ring substituents is 1. The van der Waals surface area contributed by atoms with Crippen molar-refractivity contribution in [1.29, 1.82) is 0 Å². The molecule has 7 nitrogen and oxygen atoms in total. The minimum Gasteiger partial charge on any atom is -0.393 e. The number of urea groups is 1. The average molecular weight is 337 g/mol. The maximum absolute atomic E-state index is 12.1. The van der Waals surface area contributed by atoms with Crippen molar-refractivity contribution >= 4 is 11.7 Å². The molecule has 0 aliphatic rings. The highest BCUT2D eigenvalue weighted by Gasteiger charge is 2.25. The molecule has 2 amide bonds. The molecule has 0 aromatic heterocycles. The number of nitro groups is 1. The van der Waals surface area contributed by atoms with Crippen LogP contribution in [0.25, 0.3) is 0 Å². The lowest BCUT2D eigenvalue weighted by molar-refractivity contribution is -0.384. The Bertz CT molecular complexity index is 580. The quantitative estimate of drug-likeness (QED) is 0.525. The SMILES string of the molecule is CC(O)CC(C)(C)CNC(=O)NC(C)(C)c1ccc([N+](=O)[O-])cc1. The molecule has 7 heteroatoms. The van der Waals surface area contributed by atoms with Crippen LogP contribution in [0.1, 0.15) is 46.6 Å². The Kier molecular flexibility index (Phi) is 6.31. The zero-order chi connectivity index (χ0) is 18.5. The number of carbonyl (C=O) groups excluding carboxylic acids is 1. The highest BCUT2D eigenvalue weighted by Crippen LogP contribution is 2.23. The van der Waals surface area contributed by atoms with Crippen molar-refractivity contribution in [3.63, 3.8) is 0 Å². The van der Waals surface area contributed by atoms with Gasteiger partial charge in [0, 0.05) is 18.7 Å². The second kappa shape index (κ2) is 7.61. The third-order valence-electron chi connectivity index (χ3n) is 3.80. The summed E-state index contributed by atoms with van der Waals surface area (Å²) in [6, 6.07) is 5.79. The lowest BCUT2D eigenvalue weighted by atomic mass is 9.87. The number of nitrogens with one attached hydrogen (secondary N) is 2. The standard InChI is InChI=1S/C17H27N3O4/c1-12(21)10-16(2,3)11-18-15(22)19-17(4,5)13-6-8-14(9-7-13)20(23)24/h6-9,12,21H,10-11H2,1-5H3,(H2,18,19,22). The zero-order valence-corrected chi connectivity index (χ0v) is 14.9. The Morgan fingerprint density at radius 1 is 1.25 bits per heavy atom. The number of rotatable bonds is 7. The van der Waals surface area contributed by atoms with E-state index in [1.165, 1.54) is 12.1 Å². The lowest BCUT2D eigenvalue weighted by Crippen LogP contribution is -2.48. The number of carbonyl (C=O) groups is 1.